The number of rotatable bonds is 0. The van der Waals surface area contributed by atoms with E-state index >= 15 is 0 Å². The quantitative estimate of drug-likeness (QED) is 0.309. The smallest absolute Gasteiger partial charge is 1.00 e. The summed E-state index contributed by atoms with van der Waals surface area (Å²) in [6.07, 6.45) is -1.83. The fourth-order valence-corrected chi connectivity index (χ4v) is 0. The van der Waals surface area contributed by atoms with Crippen molar-refractivity contribution < 1.29 is 38.1 Å². The maximum Gasteiger partial charge on any atom is 2.00 e. The van der Waals surface area contributed by atoms with Crippen molar-refractivity contribution in [1.82, 2.24) is 0 Å². The minimum Gasteiger partial charge on any atom is -1.00 e. The van der Waals surface area contributed by atoms with E-state index in [2.05, 4.69) is 0 Å². The summed E-state index contributed by atoms with van der Waals surface area (Å²) in [6, 6.07) is 0. The second-order valence-corrected chi connectivity index (χ2v) is 0.283. The molecule has 0 bridgehead atoms. The van der Waals surface area contributed by atoms with Crippen LogP contribution < -0.4 is 18.9 Å². The van der Waals surface area contributed by atoms with E-state index in [0.29, 0.717) is 0 Å². The van der Waals surface area contributed by atoms with Gasteiger partial charge in [0.05, 0.1) is 0 Å². The van der Waals surface area contributed by atoms with Gasteiger partial charge in [0.15, 0.2) is 0 Å². The van der Waals surface area contributed by atoms with Gasteiger partial charge in [0.2, 0.25) is 0 Å². The van der Waals surface area contributed by atoms with Gasteiger partial charge >= 0.3 is 35.1 Å². The van der Waals surface area contributed by atoms with E-state index in [0.717, 1.165) is 0 Å². The molecule has 0 saturated carbocycles. The van der Waals surface area contributed by atoms with Crippen molar-refractivity contribution in [2.24, 2.45) is 0 Å². The van der Waals surface area contributed by atoms with Gasteiger partial charge in [0, 0.05) is 0 Å². The Balaban J connectivity index is -0.00000000450. The first-order valence-corrected chi connectivity index (χ1v) is 0.651. The third kappa shape index (κ3) is 28300. The van der Waals surface area contributed by atoms with Gasteiger partial charge in [-0.25, -0.2) is 4.79 Å². The molecule has 5 heteroatoms. The van der Waals surface area contributed by atoms with E-state index in [9.17, 15) is 0 Å². The molecule has 0 radical (unpaired) electrons. The van der Waals surface area contributed by atoms with E-state index in [1.54, 1.807) is 0 Å². The van der Waals surface area contributed by atoms with Crippen molar-refractivity contribution >= 4 is 16.3 Å². The van der Waals surface area contributed by atoms with E-state index in [4.69, 9.17) is 15.0 Å². The Kier molecular flexibility index (Phi) is 24.6. The first-order valence-electron chi connectivity index (χ1n) is 0.651. The number of carboxylic acid groups (broad SMARTS) is 2. The Labute approximate surface area is 55.2 Å². The molecule has 0 fully saturated rings. The van der Waals surface area contributed by atoms with Crippen LogP contribution >= 0.6 is 0 Å². The van der Waals surface area contributed by atoms with E-state index < -0.39 is 6.16 Å². The van der Waals surface area contributed by atoms with Crippen molar-refractivity contribution in [1.29, 1.82) is 0 Å². The van der Waals surface area contributed by atoms with Gasteiger partial charge < -0.3 is 14.5 Å². The van der Waals surface area contributed by atoms with Gasteiger partial charge in [0.1, 0.15) is 0 Å². The van der Waals surface area contributed by atoms with Crippen molar-refractivity contribution in [2.45, 2.75) is 0 Å². The van der Waals surface area contributed by atoms with Crippen molar-refractivity contribution in [3.8, 4) is 0 Å². The molecule has 2 N–H and O–H groups in total. The molecular weight excluding hydrogens is 76.0 g/mol. The molecule has 0 aliphatic heterocycles. The van der Waals surface area contributed by atoms with Crippen LogP contribution in [-0.4, -0.2) is 26.5 Å². The van der Waals surface area contributed by atoms with Gasteiger partial charge in [-0.2, -0.15) is 0 Å². The van der Waals surface area contributed by atoms with Gasteiger partial charge in [-0.1, -0.05) is 0 Å². The maximum absolute atomic E-state index is 8.56. The molecule has 6 heavy (non-hydrogen) atoms. The third-order valence-electron chi connectivity index (χ3n) is 0. The molecule has 0 aromatic rings. The standard InChI is InChI=1S/CH2O3.Be.Li.3H/c2-1(3)4;;;;;/h(H2,2,3,4);;;;;/q;+2;+1;3*-1. The molecule has 0 saturated heterocycles. The largest absolute Gasteiger partial charge is 2.00 e. The van der Waals surface area contributed by atoms with Crippen LogP contribution in [0.25, 0.3) is 0 Å². The van der Waals surface area contributed by atoms with Crippen LogP contribution in [0.5, 0.6) is 0 Å². The molecule has 0 aliphatic rings. The zero-order valence-corrected chi connectivity index (χ0v) is 3.51. The van der Waals surface area contributed by atoms with Gasteiger partial charge in [-0.05, 0) is 0 Å². The minimum atomic E-state index is -1.83. The fraction of sp³-hybridized carbons (Fsp3) is 0. The fourth-order valence-electron chi connectivity index (χ4n) is 0. The SMILES string of the molecule is O=C(O)O.[Be+2].[H-].[H-].[H-].[Li+]. The summed E-state index contributed by atoms with van der Waals surface area (Å²) in [5, 5.41) is 13.9. The predicted molar refractivity (Wildman–Crippen MR) is 19.7 cm³/mol. The third-order valence-corrected chi connectivity index (χ3v) is 0. The molecule has 0 heterocycles. The number of hydrogen-bond acceptors (Lipinski definition) is 1. The number of hydrogen-bond donors (Lipinski definition) is 2. The minimum absolute atomic E-state index is 0. The number of carbonyl (C=O) groups is 1. The zero-order valence-electron chi connectivity index (χ0n) is 6.51. The van der Waals surface area contributed by atoms with Crippen LogP contribution in [0.1, 0.15) is 4.28 Å². The molecule has 3 nitrogen and oxygen atoms in total. The first kappa shape index (κ1) is 16.6. The second-order valence-electron chi connectivity index (χ2n) is 0.283. The van der Waals surface area contributed by atoms with Crippen LogP contribution in [-0.2, 0) is 0 Å². The van der Waals surface area contributed by atoms with Gasteiger partial charge in [0.25, 0.3) is 0 Å². The summed E-state index contributed by atoms with van der Waals surface area (Å²) in [7, 11) is 0. The Morgan fingerprint density at radius 1 is 1.50 bits per heavy atom. The summed E-state index contributed by atoms with van der Waals surface area (Å²) in [5.41, 5.74) is 0. The monoisotopic (exact) mass is 81.1 g/mol. The Morgan fingerprint density at radius 2 is 1.50 bits per heavy atom. The zero-order chi connectivity index (χ0) is 3.58. The van der Waals surface area contributed by atoms with Crippen molar-refractivity contribution in [3.05, 3.63) is 0 Å². The molecule has 0 aromatic heterocycles. The summed E-state index contributed by atoms with van der Waals surface area (Å²) in [6.45, 7) is 0. The molecular formula is CH5BeLiO3. The summed E-state index contributed by atoms with van der Waals surface area (Å²) < 4.78 is 0. The van der Waals surface area contributed by atoms with E-state index in [1.807, 2.05) is 0 Å². The van der Waals surface area contributed by atoms with Crippen LogP contribution in [0.3, 0.4) is 0 Å². The first-order chi connectivity index (χ1) is 1.73. The van der Waals surface area contributed by atoms with Crippen molar-refractivity contribution in [2.75, 3.05) is 0 Å². The van der Waals surface area contributed by atoms with E-state index in [-0.39, 0.29) is 33.3 Å². The Hall–Kier alpha value is 0.0362. The Morgan fingerprint density at radius 3 is 1.50 bits per heavy atom. The van der Waals surface area contributed by atoms with E-state index in [1.165, 1.54) is 0 Å². The summed E-state index contributed by atoms with van der Waals surface area (Å²) in [5.74, 6) is 0. The second kappa shape index (κ2) is 8.90. The average Bonchev–Trinajstić information content (AvgIpc) is 0.811. The molecule has 0 spiro atoms. The van der Waals surface area contributed by atoms with Crippen LogP contribution in [0.4, 0.5) is 4.79 Å². The van der Waals surface area contributed by atoms with Crippen LogP contribution in [0.15, 0.2) is 0 Å². The normalized spacial score (nSPS) is 4.00. The Bertz CT molecular complexity index is 42.0. The predicted octanol–water partition coefficient (Wildman–Crippen LogP) is -2.82. The maximum atomic E-state index is 8.56. The molecule has 0 aromatic carbocycles. The van der Waals surface area contributed by atoms with Gasteiger partial charge in [-0.15, -0.1) is 0 Å². The summed E-state index contributed by atoms with van der Waals surface area (Å²) in [4.78, 5) is 8.56. The average molecular weight is 81.0 g/mol. The molecule has 0 rings (SSSR count). The summed E-state index contributed by atoms with van der Waals surface area (Å²) >= 11 is 0. The molecule has 0 aliphatic carbocycles. The topological polar surface area (TPSA) is 57.5 Å². The molecule has 0 unspecified atom stereocenters. The molecule has 0 amide bonds. The van der Waals surface area contributed by atoms with Gasteiger partial charge in [-0.3, -0.25) is 0 Å². The van der Waals surface area contributed by atoms with Crippen LogP contribution in [0.2, 0.25) is 0 Å². The molecule has 0 atom stereocenters. The molecule has 30 valence electrons. The van der Waals surface area contributed by atoms with Crippen molar-refractivity contribution in [3.63, 3.8) is 0 Å². The van der Waals surface area contributed by atoms with Crippen LogP contribution in [0, 0.1) is 0 Å².